The molecule has 0 bridgehead atoms. The van der Waals surface area contributed by atoms with Gasteiger partial charge in [0.05, 0.1) is 6.04 Å². The van der Waals surface area contributed by atoms with E-state index in [4.69, 9.17) is 9.41 Å². The summed E-state index contributed by atoms with van der Waals surface area (Å²) in [7, 11) is 0. The van der Waals surface area contributed by atoms with Crippen LogP contribution < -0.4 is 0 Å². The molecule has 2 atom stereocenters. The number of rotatable bonds is 3. The lowest BCUT2D eigenvalue weighted by Gasteiger charge is -2.40. The van der Waals surface area contributed by atoms with E-state index in [1.807, 2.05) is 12.3 Å². The molecule has 5 aromatic carbocycles. The predicted molar refractivity (Wildman–Crippen MR) is 228 cm³/mol. The topological polar surface area (TPSA) is 28.7 Å². The van der Waals surface area contributed by atoms with Gasteiger partial charge in [-0.05, 0) is 132 Å². The van der Waals surface area contributed by atoms with Crippen LogP contribution in [0.25, 0.3) is 44.2 Å². The van der Waals surface area contributed by atoms with Crippen molar-refractivity contribution in [3.05, 3.63) is 177 Å². The lowest BCUT2D eigenvalue weighted by molar-refractivity contribution is 0.193. The summed E-state index contributed by atoms with van der Waals surface area (Å²) >= 11 is 0. The first-order valence-corrected chi connectivity index (χ1v) is 19.4. The molecule has 9 rings (SSSR count). The Labute approximate surface area is 323 Å². The molecular formula is C51H47FN2O. The number of hydrogen-bond donors (Lipinski definition) is 0. The van der Waals surface area contributed by atoms with Gasteiger partial charge in [0.15, 0.2) is 5.66 Å². The average Bonchev–Trinajstić information content (AvgIpc) is 3.65. The molecule has 3 aliphatic heterocycles. The van der Waals surface area contributed by atoms with Crippen LogP contribution in [-0.2, 0) is 12.1 Å². The van der Waals surface area contributed by atoms with Gasteiger partial charge in [-0.1, -0.05) is 105 Å². The molecule has 1 aromatic heterocycles. The molecular weight excluding hydrogens is 676 g/mol. The molecule has 0 saturated carbocycles. The second kappa shape index (κ2) is 12.7. The summed E-state index contributed by atoms with van der Waals surface area (Å²) in [6.07, 6.45) is 11.9. The first kappa shape index (κ1) is 35.0. The number of halogens is 1. The molecule has 2 unspecified atom stereocenters. The highest BCUT2D eigenvalue weighted by Crippen LogP contribution is 2.56. The van der Waals surface area contributed by atoms with Crippen molar-refractivity contribution < 1.29 is 8.81 Å². The Balaban J connectivity index is 1.35. The van der Waals surface area contributed by atoms with Crippen molar-refractivity contribution in [2.45, 2.75) is 73.5 Å². The number of fused-ring (bicyclic) bond motifs is 11. The SMILES string of the molecule is CC1=CN2C(C=C1)c1ccc(F)cc1C21N=C/C(C)=C(c2ccc(CC(C)(C)C)cc2C)\C=C(/C)c2c1ccc1c2oc2cc(-c3cccc(C)c3)ccc21. The van der Waals surface area contributed by atoms with E-state index < -0.39 is 5.66 Å². The highest BCUT2D eigenvalue weighted by Gasteiger charge is 2.52. The number of aliphatic imine (C=N–C) groups is 1. The summed E-state index contributed by atoms with van der Waals surface area (Å²) in [6.45, 7) is 17.6. The van der Waals surface area contributed by atoms with E-state index in [1.54, 1.807) is 12.1 Å². The van der Waals surface area contributed by atoms with Crippen LogP contribution in [0.3, 0.4) is 0 Å². The quantitative estimate of drug-likeness (QED) is 0.182. The molecule has 0 fully saturated rings. The van der Waals surface area contributed by atoms with Crippen molar-refractivity contribution in [1.29, 1.82) is 0 Å². The molecule has 3 aliphatic rings. The maximum Gasteiger partial charge on any atom is 0.185 e. The lowest BCUT2D eigenvalue weighted by atomic mass is 9.84. The Kier molecular flexibility index (Phi) is 8.06. The molecule has 0 saturated heterocycles. The molecule has 0 radical (unpaired) electrons. The van der Waals surface area contributed by atoms with Crippen LogP contribution in [0.5, 0.6) is 0 Å². The van der Waals surface area contributed by atoms with Crippen molar-refractivity contribution >= 4 is 39.3 Å². The molecule has 274 valence electrons. The summed E-state index contributed by atoms with van der Waals surface area (Å²) < 4.78 is 22.6. The van der Waals surface area contributed by atoms with Crippen LogP contribution in [0.1, 0.15) is 92.1 Å². The van der Waals surface area contributed by atoms with Crippen molar-refractivity contribution in [2.24, 2.45) is 10.4 Å². The van der Waals surface area contributed by atoms with E-state index in [0.29, 0.717) is 0 Å². The fourth-order valence-electron chi connectivity index (χ4n) is 9.17. The summed E-state index contributed by atoms with van der Waals surface area (Å²) in [5.74, 6) is -0.279. The van der Waals surface area contributed by atoms with Gasteiger partial charge >= 0.3 is 0 Å². The van der Waals surface area contributed by atoms with E-state index in [2.05, 4.69) is 158 Å². The third kappa shape index (κ3) is 5.73. The van der Waals surface area contributed by atoms with Crippen LogP contribution in [0.15, 0.2) is 136 Å². The zero-order valence-electron chi connectivity index (χ0n) is 33.0. The van der Waals surface area contributed by atoms with Crippen LogP contribution in [0, 0.1) is 25.1 Å². The molecule has 55 heavy (non-hydrogen) atoms. The van der Waals surface area contributed by atoms with Crippen LogP contribution >= 0.6 is 0 Å². The fourth-order valence-corrected chi connectivity index (χ4v) is 9.17. The normalized spacial score (nSPS) is 21.5. The van der Waals surface area contributed by atoms with Gasteiger partial charge in [0.1, 0.15) is 17.0 Å². The van der Waals surface area contributed by atoms with E-state index in [-0.39, 0.29) is 17.3 Å². The number of nitrogens with zero attached hydrogens (tertiary/aromatic N) is 2. The summed E-state index contributed by atoms with van der Waals surface area (Å²) in [5, 5.41) is 2.10. The Morgan fingerprint density at radius 2 is 1.62 bits per heavy atom. The molecule has 6 aromatic rings. The number of allylic oxidation sites excluding steroid dienone is 6. The van der Waals surface area contributed by atoms with E-state index in [0.717, 1.165) is 84.0 Å². The van der Waals surface area contributed by atoms with Crippen molar-refractivity contribution in [1.82, 2.24) is 4.90 Å². The van der Waals surface area contributed by atoms with Gasteiger partial charge in [-0.2, -0.15) is 0 Å². The molecule has 0 N–H and O–H groups in total. The lowest BCUT2D eigenvalue weighted by Crippen LogP contribution is -2.40. The van der Waals surface area contributed by atoms with Gasteiger partial charge in [0.2, 0.25) is 0 Å². The highest BCUT2D eigenvalue weighted by atomic mass is 19.1. The highest BCUT2D eigenvalue weighted by molar-refractivity contribution is 6.10. The Bertz CT molecular complexity index is 2750. The van der Waals surface area contributed by atoms with Crippen molar-refractivity contribution in [2.75, 3.05) is 0 Å². The predicted octanol–water partition coefficient (Wildman–Crippen LogP) is 13.6. The number of aryl methyl sites for hydroxylation is 2. The van der Waals surface area contributed by atoms with Crippen LogP contribution in [0.2, 0.25) is 0 Å². The third-order valence-corrected chi connectivity index (χ3v) is 11.6. The van der Waals surface area contributed by atoms with Gasteiger partial charge < -0.3 is 9.32 Å². The third-order valence-electron chi connectivity index (χ3n) is 11.6. The first-order valence-electron chi connectivity index (χ1n) is 19.4. The van der Waals surface area contributed by atoms with Crippen LogP contribution in [0.4, 0.5) is 4.39 Å². The van der Waals surface area contributed by atoms with Gasteiger partial charge in [-0.15, -0.1) is 0 Å². The largest absolute Gasteiger partial charge is 0.455 e. The zero-order valence-corrected chi connectivity index (χ0v) is 33.0. The molecule has 3 nitrogen and oxygen atoms in total. The van der Waals surface area contributed by atoms with Gasteiger partial charge in [0, 0.05) is 39.9 Å². The minimum Gasteiger partial charge on any atom is -0.455 e. The summed E-state index contributed by atoms with van der Waals surface area (Å²) in [6, 6.07) is 31.5. The van der Waals surface area contributed by atoms with Gasteiger partial charge in [-0.3, -0.25) is 4.99 Å². The molecule has 0 amide bonds. The number of benzene rings is 5. The second-order valence-corrected chi connectivity index (χ2v) is 17.1. The Morgan fingerprint density at radius 3 is 2.40 bits per heavy atom. The summed E-state index contributed by atoms with van der Waals surface area (Å²) in [4.78, 5) is 7.97. The molecule has 4 heterocycles. The van der Waals surface area contributed by atoms with Crippen molar-refractivity contribution in [3.63, 3.8) is 0 Å². The Hall–Kier alpha value is -5.74. The van der Waals surface area contributed by atoms with E-state index >= 15 is 4.39 Å². The summed E-state index contributed by atoms with van der Waals surface area (Å²) in [5.41, 5.74) is 16.1. The van der Waals surface area contributed by atoms with E-state index in [9.17, 15) is 0 Å². The standard InChI is InChI=1S/C51H47FN2O/c1-30-10-9-11-36(22-30)37-14-17-40-41-19-20-44-48(49(41)55-47(40)25-37)33(4)24-43(39-16-13-35(23-32(39)3)27-50(6,7)8)34(5)28-53-51(44)45-26-38(52)15-18-42(45)46-21-12-31(2)29-54(46)51/h9-26,28-29,46H,27H2,1-8H3/b33-24+,43-34+,53-28?. The second-order valence-electron chi connectivity index (χ2n) is 17.1. The van der Waals surface area contributed by atoms with Crippen LogP contribution in [-0.4, -0.2) is 11.1 Å². The van der Waals surface area contributed by atoms with Gasteiger partial charge in [0.25, 0.3) is 0 Å². The molecule has 0 aliphatic carbocycles. The van der Waals surface area contributed by atoms with Crippen molar-refractivity contribution in [3.8, 4) is 11.1 Å². The number of hydrogen-bond acceptors (Lipinski definition) is 3. The fraction of sp³-hybridized carbons (Fsp3) is 0.235. The maximum atomic E-state index is 15.6. The minimum atomic E-state index is -1.07. The van der Waals surface area contributed by atoms with Gasteiger partial charge in [-0.25, -0.2) is 4.39 Å². The Morgan fingerprint density at radius 1 is 0.818 bits per heavy atom. The minimum absolute atomic E-state index is 0.112. The monoisotopic (exact) mass is 722 g/mol. The van der Waals surface area contributed by atoms with E-state index in [1.165, 1.54) is 22.3 Å². The average molecular weight is 723 g/mol. The molecule has 4 heteroatoms. The smallest absolute Gasteiger partial charge is 0.185 e. The molecule has 1 spiro atoms. The maximum absolute atomic E-state index is 15.6. The zero-order chi connectivity index (χ0) is 38.4. The number of furan rings is 1. The first-order chi connectivity index (χ1) is 26.3.